The molecule has 4 heteroatoms. The Labute approximate surface area is 149 Å². The monoisotopic (exact) mass is 335 g/mol. The molecule has 0 amide bonds. The van der Waals surface area contributed by atoms with Crippen molar-refractivity contribution in [3.63, 3.8) is 0 Å². The second-order valence-corrected chi connectivity index (χ2v) is 6.31. The number of nitrogens with one attached hydrogen (secondary N) is 1. The normalized spacial score (nSPS) is 11.0. The van der Waals surface area contributed by atoms with Crippen molar-refractivity contribution in [1.29, 1.82) is 0 Å². The fourth-order valence-electron chi connectivity index (χ4n) is 2.91. The van der Waals surface area contributed by atoms with Crippen molar-refractivity contribution in [1.82, 2.24) is 15.1 Å². The summed E-state index contributed by atoms with van der Waals surface area (Å²) in [5.74, 6) is 0. The van der Waals surface area contributed by atoms with E-state index in [1.54, 1.807) is 0 Å². The molecule has 0 aliphatic rings. The van der Waals surface area contributed by atoms with E-state index in [-0.39, 0.29) is 6.61 Å². The Hall–Kier alpha value is -2.43. The van der Waals surface area contributed by atoms with E-state index >= 15 is 0 Å². The highest BCUT2D eigenvalue weighted by atomic mass is 16.3. The zero-order valence-corrected chi connectivity index (χ0v) is 14.7. The van der Waals surface area contributed by atoms with Gasteiger partial charge in [0.1, 0.15) is 0 Å². The molecule has 2 aromatic carbocycles. The quantitative estimate of drug-likeness (QED) is 0.621. The molecule has 25 heavy (non-hydrogen) atoms. The van der Waals surface area contributed by atoms with Crippen LogP contribution in [0.1, 0.15) is 23.1 Å². The maximum absolute atomic E-state index is 8.94. The van der Waals surface area contributed by atoms with Crippen LogP contribution in [0.2, 0.25) is 0 Å². The van der Waals surface area contributed by atoms with Crippen LogP contribution in [-0.4, -0.2) is 28.0 Å². The molecule has 3 rings (SSSR count). The summed E-state index contributed by atoms with van der Waals surface area (Å²) in [6.07, 6.45) is 2.88. The average Bonchev–Trinajstić information content (AvgIpc) is 3.02. The summed E-state index contributed by atoms with van der Waals surface area (Å²) < 4.78 is 2.01. The topological polar surface area (TPSA) is 50.1 Å². The second-order valence-electron chi connectivity index (χ2n) is 6.31. The number of hydrogen-bond acceptors (Lipinski definition) is 3. The van der Waals surface area contributed by atoms with Gasteiger partial charge in [0.15, 0.2) is 0 Å². The number of hydrogen-bond donors (Lipinski definition) is 2. The highest BCUT2D eigenvalue weighted by molar-refractivity contribution is 5.63. The third-order valence-electron chi connectivity index (χ3n) is 4.14. The molecular weight excluding hydrogens is 310 g/mol. The largest absolute Gasteiger partial charge is 0.396 e. The van der Waals surface area contributed by atoms with Gasteiger partial charge < -0.3 is 10.4 Å². The van der Waals surface area contributed by atoms with E-state index in [0.717, 1.165) is 37.3 Å². The van der Waals surface area contributed by atoms with E-state index in [0.29, 0.717) is 0 Å². The lowest BCUT2D eigenvalue weighted by Crippen LogP contribution is -2.15. The summed E-state index contributed by atoms with van der Waals surface area (Å²) in [7, 11) is 0. The van der Waals surface area contributed by atoms with Gasteiger partial charge in [-0.15, -0.1) is 0 Å². The van der Waals surface area contributed by atoms with Crippen LogP contribution in [0.25, 0.3) is 11.3 Å². The minimum Gasteiger partial charge on any atom is -0.396 e. The number of aliphatic hydroxyl groups is 1. The first-order valence-corrected chi connectivity index (χ1v) is 8.75. The predicted molar refractivity (Wildman–Crippen MR) is 101 cm³/mol. The number of nitrogens with zero attached hydrogens (tertiary/aromatic N) is 2. The third-order valence-corrected chi connectivity index (χ3v) is 4.14. The van der Waals surface area contributed by atoms with Gasteiger partial charge in [-0.05, 0) is 31.5 Å². The van der Waals surface area contributed by atoms with E-state index < -0.39 is 0 Å². The zero-order chi connectivity index (χ0) is 17.5. The molecule has 3 aromatic rings. The van der Waals surface area contributed by atoms with E-state index in [1.807, 2.05) is 10.7 Å². The standard InChI is InChI=1S/C21H25N3O/c1-17-7-5-10-19(13-17)21-20(14-22-11-6-12-25)16-24(23-21)15-18-8-3-2-4-9-18/h2-5,7-10,13,16,22,25H,6,11-12,14-15H2,1H3. The van der Waals surface area contributed by atoms with Gasteiger partial charge in [0.25, 0.3) is 0 Å². The molecule has 0 unspecified atom stereocenters. The fraction of sp³-hybridized carbons (Fsp3) is 0.286. The molecule has 0 saturated carbocycles. The van der Waals surface area contributed by atoms with Crippen molar-refractivity contribution in [2.45, 2.75) is 26.4 Å². The van der Waals surface area contributed by atoms with Crippen LogP contribution < -0.4 is 5.32 Å². The van der Waals surface area contributed by atoms with Gasteiger partial charge in [-0.3, -0.25) is 4.68 Å². The van der Waals surface area contributed by atoms with E-state index in [4.69, 9.17) is 10.2 Å². The molecule has 0 spiro atoms. The molecule has 0 bridgehead atoms. The van der Waals surface area contributed by atoms with Crippen LogP contribution in [0.5, 0.6) is 0 Å². The lowest BCUT2D eigenvalue weighted by atomic mass is 10.1. The molecule has 0 fully saturated rings. The van der Waals surface area contributed by atoms with Crippen LogP contribution >= 0.6 is 0 Å². The van der Waals surface area contributed by atoms with Crippen LogP contribution in [0.3, 0.4) is 0 Å². The van der Waals surface area contributed by atoms with Crippen molar-refractivity contribution in [3.05, 3.63) is 77.5 Å². The fourth-order valence-corrected chi connectivity index (χ4v) is 2.91. The maximum atomic E-state index is 8.94. The zero-order valence-electron chi connectivity index (χ0n) is 14.7. The Morgan fingerprint density at radius 2 is 1.92 bits per heavy atom. The van der Waals surface area contributed by atoms with Gasteiger partial charge in [-0.25, -0.2) is 0 Å². The summed E-state index contributed by atoms with van der Waals surface area (Å²) in [6, 6.07) is 18.8. The minimum absolute atomic E-state index is 0.213. The van der Waals surface area contributed by atoms with Crippen LogP contribution in [0, 0.1) is 6.92 Å². The van der Waals surface area contributed by atoms with Gasteiger partial charge >= 0.3 is 0 Å². The molecule has 0 aliphatic heterocycles. The van der Waals surface area contributed by atoms with Gasteiger partial charge in [0.2, 0.25) is 0 Å². The van der Waals surface area contributed by atoms with Gasteiger partial charge in [-0.1, -0.05) is 54.1 Å². The summed E-state index contributed by atoms with van der Waals surface area (Å²) in [5.41, 5.74) is 5.82. The van der Waals surface area contributed by atoms with Crippen molar-refractivity contribution in [2.24, 2.45) is 0 Å². The van der Waals surface area contributed by atoms with Crippen molar-refractivity contribution >= 4 is 0 Å². The summed E-state index contributed by atoms with van der Waals surface area (Å²) in [5, 5.41) is 17.2. The summed E-state index contributed by atoms with van der Waals surface area (Å²) in [4.78, 5) is 0. The van der Waals surface area contributed by atoms with Crippen LogP contribution in [0.4, 0.5) is 0 Å². The molecular formula is C21H25N3O. The summed E-state index contributed by atoms with van der Waals surface area (Å²) in [6.45, 7) is 4.62. The van der Waals surface area contributed by atoms with Crippen LogP contribution in [-0.2, 0) is 13.1 Å². The third kappa shape index (κ3) is 4.78. The number of aromatic nitrogens is 2. The number of rotatable bonds is 8. The SMILES string of the molecule is Cc1cccc(-c2nn(Cc3ccccc3)cc2CNCCCO)c1. The molecule has 1 heterocycles. The molecule has 0 aliphatic carbocycles. The molecule has 0 saturated heterocycles. The van der Waals surface area contributed by atoms with Crippen molar-refractivity contribution < 1.29 is 5.11 Å². The highest BCUT2D eigenvalue weighted by Gasteiger charge is 2.11. The number of benzene rings is 2. The lowest BCUT2D eigenvalue weighted by molar-refractivity contribution is 0.286. The lowest BCUT2D eigenvalue weighted by Gasteiger charge is -2.05. The van der Waals surface area contributed by atoms with E-state index in [2.05, 4.69) is 67.0 Å². The molecule has 130 valence electrons. The number of aryl methyl sites for hydroxylation is 1. The van der Waals surface area contributed by atoms with Gasteiger partial charge in [-0.2, -0.15) is 5.10 Å². The summed E-state index contributed by atoms with van der Waals surface area (Å²) >= 11 is 0. The Balaban J connectivity index is 1.85. The molecule has 2 N–H and O–H groups in total. The van der Waals surface area contributed by atoms with E-state index in [9.17, 15) is 0 Å². The van der Waals surface area contributed by atoms with E-state index in [1.165, 1.54) is 16.7 Å². The van der Waals surface area contributed by atoms with Crippen molar-refractivity contribution in [2.75, 3.05) is 13.2 Å². The maximum Gasteiger partial charge on any atom is 0.0968 e. The first-order chi connectivity index (χ1) is 12.3. The minimum atomic E-state index is 0.213. The van der Waals surface area contributed by atoms with Crippen molar-refractivity contribution in [3.8, 4) is 11.3 Å². The molecule has 0 radical (unpaired) electrons. The Kier molecular flexibility index (Phi) is 5.99. The van der Waals surface area contributed by atoms with Gasteiger partial charge in [0.05, 0.1) is 12.2 Å². The Bertz CT molecular complexity index is 796. The smallest absolute Gasteiger partial charge is 0.0968 e. The first-order valence-electron chi connectivity index (χ1n) is 8.75. The predicted octanol–water partition coefficient (Wildman–Crippen LogP) is 3.38. The molecule has 4 nitrogen and oxygen atoms in total. The van der Waals surface area contributed by atoms with Gasteiger partial charge in [0, 0.05) is 30.5 Å². The highest BCUT2D eigenvalue weighted by Crippen LogP contribution is 2.23. The first kappa shape index (κ1) is 17.4. The average molecular weight is 335 g/mol. The number of aliphatic hydroxyl groups excluding tert-OH is 1. The molecule has 1 aromatic heterocycles. The van der Waals surface area contributed by atoms with Crippen LogP contribution in [0.15, 0.2) is 60.8 Å². The molecule has 0 atom stereocenters. The second kappa shape index (κ2) is 8.60. The Morgan fingerprint density at radius 3 is 2.68 bits per heavy atom. The Morgan fingerprint density at radius 1 is 1.08 bits per heavy atom.